The summed E-state index contributed by atoms with van der Waals surface area (Å²) < 4.78 is 5.42. The van der Waals surface area contributed by atoms with Gasteiger partial charge in [-0.25, -0.2) is 4.79 Å². The Morgan fingerprint density at radius 1 is 1.25 bits per heavy atom. The summed E-state index contributed by atoms with van der Waals surface area (Å²) in [6, 6.07) is 5.30. The predicted molar refractivity (Wildman–Crippen MR) is 93.3 cm³/mol. The number of rotatable bonds is 5. The first kappa shape index (κ1) is 17.0. The lowest BCUT2D eigenvalue weighted by molar-refractivity contribution is 0.116. The second-order valence-corrected chi connectivity index (χ2v) is 6.67. The van der Waals surface area contributed by atoms with Crippen LogP contribution in [-0.4, -0.2) is 34.3 Å². The first-order chi connectivity index (χ1) is 11.6. The number of benzene rings is 1. The molecule has 2 N–H and O–H groups in total. The molecule has 0 atom stereocenters. The fourth-order valence-corrected chi connectivity index (χ4v) is 3.75. The highest BCUT2D eigenvalue weighted by Crippen LogP contribution is 2.31. The minimum atomic E-state index is -0.404. The van der Waals surface area contributed by atoms with Crippen LogP contribution < -0.4 is 5.63 Å². The van der Waals surface area contributed by atoms with Crippen LogP contribution in [0.4, 0.5) is 0 Å². The zero-order chi connectivity index (χ0) is 17.1. The van der Waals surface area contributed by atoms with Crippen LogP contribution >= 0.6 is 0 Å². The van der Waals surface area contributed by atoms with E-state index in [4.69, 9.17) is 4.42 Å². The van der Waals surface area contributed by atoms with Crippen LogP contribution in [0, 0.1) is 6.92 Å². The molecule has 0 bridgehead atoms. The second-order valence-electron chi connectivity index (χ2n) is 6.67. The Morgan fingerprint density at radius 3 is 2.71 bits per heavy atom. The summed E-state index contributed by atoms with van der Waals surface area (Å²) in [6.07, 6.45) is 5.87. The van der Waals surface area contributed by atoms with E-state index in [2.05, 4.69) is 4.90 Å². The third-order valence-electron chi connectivity index (χ3n) is 5.04. The van der Waals surface area contributed by atoms with Gasteiger partial charge in [-0.3, -0.25) is 4.90 Å². The van der Waals surface area contributed by atoms with E-state index in [1.165, 1.54) is 25.3 Å². The van der Waals surface area contributed by atoms with E-state index in [1.807, 2.05) is 6.92 Å². The van der Waals surface area contributed by atoms with Gasteiger partial charge in [0, 0.05) is 30.6 Å². The number of nitrogens with zero attached hydrogens (tertiary/aromatic N) is 1. The number of aryl methyl sites for hydroxylation is 1. The number of aliphatic hydroxyl groups excluding tert-OH is 1. The molecule has 0 amide bonds. The van der Waals surface area contributed by atoms with Crippen molar-refractivity contribution < 1.29 is 14.6 Å². The maximum Gasteiger partial charge on any atom is 0.336 e. The summed E-state index contributed by atoms with van der Waals surface area (Å²) in [5, 5.41) is 20.6. The average molecular weight is 331 g/mol. The normalized spacial score (nSPS) is 16.1. The van der Waals surface area contributed by atoms with Gasteiger partial charge in [0.1, 0.15) is 11.3 Å². The van der Waals surface area contributed by atoms with Crippen molar-refractivity contribution in [3.63, 3.8) is 0 Å². The Balaban J connectivity index is 2.00. The zero-order valence-corrected chi connectivity index (χ0v) is 14.1. The van der Waals surface area contributed by atoms with Crippen molar-refractivity contribution in [3.05, 3.63) is 39.7 Å². The highest BCUT2D eigenvalue weighted by molar-refractivity contribution is 5.84. The molecule has 2 aromatic rings. The summed E-state index contributed by atoms with van der Waals surface area (Å²) in [7, 11) is 0. The number of phenols is 1. The van der Waals surface area contributed by atoms with Crippen molar-refractivity contribution >= 4 is 11.0 Å². The molecule has 5 nitrogen and oxygen atoms in total. The standard InChI is InChI=1S/C19H25NO4/c1-13-11-18(23)24-19-15(13)7-8-17(22)16(19)12-20(9-10-21)14-5-3-2-4-6-14/h7-8,11,14,21-22H,2-6,9-10,12H2,1H3. The van der Waals surface area contributed by atoms with Gasteiger partial charge in [0.15, 0.2) is 0 Å². The molecule has 0 saturated heterocycles. The lowest BCUT2D eigenvalue weighted by atomic mass is 9.93. The lowest BCUT2D eigenvalue weighted by Gasteiger charge is -2.34. The summed E-state index contributed by atoms with van der Waals surface area (Å²) in [5.41, 5.74) is 1.53. The molecule has 1 aromatic carbocycles. The minimum absolute atomic E-state index is 0.0744. The highest BCUT2D eigenvalue weighted by Gasteiger charge is 2.23. The van der Waals surface area contributed by atoms with Gasteiger partial charge >= 0.3 is 5.63 Å². The summed E-state index contributed by atoms with van der Waals surface area (Å²) in [6.45, 7) is 2.97. The van der Waals surface area contributed by atoms with Gasteiger partial charge < -0.3 is 14.6 Å². The molecule has 1 saturated carbocycles. The van der Waals surface area contributed by atoms with Crippen molar-refractivity contribution in [2.45, 2.75) is 51.6 Å². The van der Waals surface area contributed by atoms with E-state index >= 15 is 0 Å². The fourth-order valence-electron chi connectivity index (χ4n) is 3.75. The van der Waals surface area contributed by atoms with Crippen molar-refractivity contribution in [2.24, 2.45) is 0 Å². The molecule has 0 aliphatic heterocycles. The maximum atomic E-state index is 11.8. The average Bonchev–Trinajstić information content (AvgIpc) is 2.57. The fraction of sp³-hybridized carbons (Fsp3) is 0.526. The molecular formula is C19H25NO4. The molecule has 130 valence electrons. The number of aliphatic hydroxyl groups is 1. The third kappa shape index (κ3) is 3.47. The van der Waals surface area contributed by atoms with Gasteiger partial charge in [-0.1, -0.05) is 19.3 Å². The van der Waals surface area contributed by atoms with E-state index < -0.39 is 5.63 Å². The molecule has 1 aliphatic rings. The van der Waals surface area contributed by atoms with Crippen LogP contribution in [0.1, 0.15) is 43.2 Å². The van der Waals surface area contributed by atoms with E-state index in [1.54, 1.807) is 12.1 Å². The van der Waals surface area contributed by atoms with Gasteiger partial charge in [-0.05, 0) is 37.5 Å². The zero-order valence-electron chi connectivity index (χ0n) is 14.1. The van der Waals surface area contributed by atoms with Gasteiger partial charge in [0.25, 0.3) is 0 Å². The van der Waals surface area contributed by atoms with Gasteiger partial charge in [0.2, 0.25) is 0 Å². The maximum absolute atomic E-state index is 11.8. The summed E-state index contributed by atoms with van der Waals surface area (Å²) in [4.78, 5) is 14.0. The molecule has 1 aliphatic carbocycles. The molecule has 0 spiro atoms. The highest BCUT2D eigenvalue weighted by atomic mass is 16.4. The molecular weight excluding hydrogens is 306 g/mol. The number of hydrogen-bond donors (Lipinski definition) is 2. The van der Waals surface area contributed by atoms with Crippen LogP contribution in [0.25, 0.3) is 11.0 Å². The molecule has 3 rings (SSSR count). The molecule has 0 radical (unpaired) electrons. The Morgan fingerprint density at radius 2 is 2.00 bits per heavy atom. The molecule has 1 heterocycles. The Labute approximate surface area is 141 Å². The molecule has 1 fully saturated rings. The Hall–Kier alpha value is -1.85. The van der Waals surface area contributed by atoms with E-state index in [0.29, 0.717) is 30.3 Å². The van der Waals surface area contributed by atoms with Crippen molar-refractivity contribution in [1.29, 1.82) is 0 Å². The van der Waals surface area contributed by atoms with Crippen LogP contribution in [-0.2, 0) is 6.54 Å². The number of phenolic OH excluding ortho intramolecular Hbond substituents is 1. The van der Waals surface area contributed by atoms with Gasteiger partial charge in [-0.15, -0.1) is 0 Å². The van der Waals surface area contributed by atoms with E-state index in [-0.39, 0.29) is 12.4 Å². The van der Waals surface area contributed by atoms with Gasteiger partial charge in [-0.2, -0.15) is 0 Å². The minimum Gasteiger partial charge on any atom is -0.507 e. The molecule has 0 unspecified atom stereocenters. The van der Waals surface area contributed by atoms with Crippen LogP contribution in [0.3, 0.4) is 0 Å². The summed E-state index contributed by atoms with van der Waals surface area (Å²) >= 11 is 0. The first-order valence-electron chi connectivity index (χ1n) is 8.70. The van der Waals surface area contributed by atoms with Crippen molar-refractivity contribution in [2.75, 3.05) is 13.2 Å². The Bertz CT molecular complexity index is 762. The number of fused-ring (bicyclic) bond motifs is 1. The van der Waals surface area contributed by atoms with Gasteiger partial charge in [0.05, 0.1) is 12.2 Å². The molecule has 1 aromatic heterocycles. The van der Waals surface area contributed by atoms with Crippen LogP contribution in [0.15, 0.2) is 27.4 Å². The van der Waals surface area contributed by atoms with Crippen LogP contribution in [0.2, 0.25) is 0 Å². The number of hydrogen-bond acceptors (Lipinski definition) is 5. The van der Waals surface area contributed by atoms with Crippen molar-refractivity contribution in [3.8, 4) is 5.75 Å². The van der Waals surface area contributed by atoms with E-state index in [9.17, 15) is 15.0 Å². The molecule has 24 heavy (non-hydrogen) atoms. The largest absolute Gasteiger partial charge is 0.507 e. The van der Waals surface area contributed by atoms with Crippen molar-refractivity contribution in [1.82, 2.24) is 4.90 Å². The van der Waals surface area contributed by atoms with Crippen LogP contribution in [0.5, 0.6) is 5.75 Å². The monoisotopic (exact) mass is 331 g/mol. The SMILES string of the molecule is Cc1cc(=O)oc2c(CN(CCO)C3CCCCC3)c(O)ccc12. The smallest absolute Gasteiger partial charge is 0.336 e. The number of aromatic hydroxyl groups is 1. The summed E-state index contributed by atoms with van der Waals surface area (Å²) in [5.74, 6) is 0.134. The second kappa shape index (κ2) is 7.36. The van der Waals surface area contributed by atoms with E-state index in [0.717, 1.165) is 23.8 Å². The Kier molecular flexibility index (Phi) is 5.21. The first-order valence-corrected chi connectivity index (χ1v) is 8.70. The topological polar surface area (TPSA) is 73.9 Å². The third-order valence-corrected chi connectivity index (χ3v) is 5.04. The quantitative estimate of drug-likeness (QED) is 0.824. The molecule has 5 heteroatoms. The lowest BCUT2D eigenvalue weighted by Crippen LogP contribution is -2.38. The predicted octanol–water partition coefficient (Wildman–Crippen LogP) is 2.93.